The molecular formula is C11H14FNO2. The van der Waals surface area contributed by atoms with Crippen LogP contribution in [0.3, 0.4) is 0 Å². The number of benzene rings is 1. The van der Waals surface area contributed by atoms with Gasteiger partial charge in [-0.15, -0.1) is 0 Å². The second kappa shape index (κ2) is 5.34. The fourth-order valence-corrected chi connectivity index (χ4v) is 1.15. The Balaban J connectivity index is 2.57. The molecule has 0 heterocycles. The zero-order valence-electron chi connectivity index (χ0n) is 8.59. The number of amides is 1. The predicted octanol–water partition coefficient (Wildman–Crippen LogP) is 2.66. The van der Waals surface area contributed by atoms with Crippen molar-refractivity contribution >= 4 is 11.6 Å². The summed E-state index contributed by atoms with van der Waals surface area (Å²) in [5.41, 5.74) is 0.367. The van der Waals surface area contributed by atoms with E-state index < -0.39 is 11.6 Å². The van der Waals surface area contributed by atoms with Crippen LogP contribution in [-0.2, 0) is 4.79 Å². The fourth-order valence-electron chi connectivity index (χ4n) is 1.15. The largest absolute Gasteiger partial charge is 0.505 e. The predicted molar refractivity (Wildman–Crippen MR) is 56.2 cm³/mol. The van der Waals surface area contributed by atoms with E-state index in [1.807, 2.05) is 6.92 Å². The van der Waals surface area contributed by atoms with Gasteiger partial charge in [-0.1, -0.05) is 13.3 Å². The number of hydrogen-bond donors (Lipinski definition) is 2. The molecule has 3 nitrogen and oxygen atoms in total. The topological polar surface area (TPSA) is 49.3 Å². The summed E-state index contributed by atoms with van der Waals surface area (Å²) in [6.45, 7) is 1.99. The summed E-state index contributed by atoms with van der Waals surface area (Å²) < 4.78 is 12.9. The Hall–Kier alpha value is -1.58. The van der Waals surface area contributed by atoms with Crippen LogP contribution in [0.5, 0.6) is 5.75 Å². The smallest absolute Gasteiger partial charge is 0.224 e. The molecule has 0 saturated carbocycles. The van der Waals surface area contributed by atoms with Crippen LogP contribution in [0.25, 0.3) is 0 Å². The van der Waals surface area contributed by atoms with Gasteiger partial charge in [0.2, 0.25) is 5.91 Å². The molecule has 82 valence electrons. The summed E-state index contributed by atoms with van der Waals surface area (Å²) in [6, 6.07) is 3.77. The van der Waals surface area contributed by atoms with E-state index in [0.717, 1.165) is 18.9 Å². The number of anilines is 1. The van der Waals surface area contributed by atoms with Gasteiger partial charge in [0.1, 0.15) is 0 Å². The number of nitrogens with one attached hydrogen (secondary N) is 1. The molecule has 15 heavy (non-hydrogen) atoms. The van der Waals surface area contributed by atoms with Crippen LogP contribution in [0.1, 0.15) is 26.2 Å². The van der Waals surface area contributed by atoms with Crippen molar-refractivity contribution in [2.24, 2.45) is 0 Å². The van der Waals surface area contributed by atoms with Gasteiger partial charge >= 0.3 is 0 Å². The zero-order chi connectivity index (χ0) is 11.3. The summed E-state index contributed by atoms with van der Waals surface area (Å²) in [4.78, 5) is 11.3. The molecule has 0 bridgehead atoms. The lowest BCUT2D eigenvalue weighted by Crippen LogP contribution is -2.10. The highest BCUT2D eigenvalue weighted by molar-refractivity contribution is 5.90. The number of phenols is 1. The monoisotopic (exact) mass is 211 g/mol. The maximum atomic E-state index is 12.9. The fraction of sp³-hybridized carbons (Fsp3) is 0.364. The Morgan fingerprint density at radius 1 is 1.53 bits per heavy atom. The SMILES string of the molecule is CCCCC(=O)Nc1ccc(O)c(F)c1. The van der Waals surface area contributed by atoms with Crippen LogP contribution in [-0.4, -0.2) is 11.0 Å². The van der Waals surface area contributed by atoms with E-state index in [1.54, 1.807) is 0 Å². The third kappa shape index (κ3) is 3.58. The van der Waals surface area contributed by atoms with Crippen molar-refractivity contribution in [3.05, 3.63) is 24.0 Å². The lowest BCUT2D eigenvalue weighted by molar-refractivity contribution is -0.116. The first-order chi connectivity index (χ1) is 7.13. The van der Waals surface area contributed by atoms with E-state index in [0.29, 0.717) is 12.1 Å². The lowest BCUT2D eigenvalue weighted by atomic mass is 10.2. The van der Waals surface area contributed by atoms with Gasteiger partial charge in [-0.25, -0.2) is 4.39 Å². The first-order valence-corrected chi connectivity index (χ1v) is 4.92. The van der Waals surface area contributed by atoms with E-state index in [2.05, 4.69) is 5.32 Å². The maximum Gasteiger partial charge on any atom is 0.224 e. The number of carbonyl (C=O) groups is 1. The molecule has 1 aromatic rings. The number of hydrogen-bond acceptors (Lipinski definition) is 2. The van der Waals surface area contributed by atoms with Crippen LogP contribution < -0.4 is 5.32 Å². The second-order valence-corrected chi connectivity index (χ2v) is 3.32. The first kappa shape index (κ1) is 11.5. The molecule has 2 N–H and O–H groups in total. The molecule has 0 aliphatic heterocycles. The van der Waals surface area contributed by atoms with Gasteiger partial charge in [-0.3, -0.25) is 4.79 Å². The highest BCUT2D eigenvalue weighted by Gasteiger charge is 2.04. The van der Waals surface area contributed by atoms with Gasteiger partial charge in [0.15, 0.2) is 11.6 Å². The molecule has 4 heteroatoms. The molecule has 0 fully saturated rings. The van der Waals surface area contributed by atoms with Gasteiger partial charge in [-0.2, -0.15) is 0 Å². The standard InChI is InChI=1S/C11H14FNO2/c1-2-3-4-11(15)13-8-5-6-10(14)9(12)7-8/h5-7,14H,2-4H2,1H3,(H,13,15). The van der Waals surface area contributed by atoms with Gasteiger partial charge < -0.3 is 10.4 Å². The Labute approximate surface area is 87.9 Å². The van der Waals surface area contributed by atoms with Crippen molar-refractivity contribution in [1.29, 1.82) is 0 Å². The number of phenolic OH excluding ortho intramolecular Hbond substituents is 1. The summed E-state index contributed by atoms with van der Waals surface area (Å²) in [6.07, 6.45) is 2.18. The summed E-state index contributed by atoms with van der Waals surface area (Å²) in [5, 5.41) is 11.5. The summed E-state index contributed by atoms with van der Waals surface area (Å²) >= 11 is 0. The Kier molecular flexibility index (Phi) is 4.09. The van der Waals surface area contributed by atoms with Crippen molar-refractivity contribution in [1.82, 2.24) is 0 Å². The van der Waals surface area contributed by atoms with Crippen molar-refractivity contribution in [3.63, 3.8) is 0 Å². The molecule has 0 aliphatic rings. The van der Waals surface area contributed by atoms with Crippen molar-refractivity contribution in [2.45, 2.75) is 26.2 Å². The quantitative estimate of drug-likeness (QED) is 0.752. The molecule has 0 aromatic heterocycles. The molecule has 1 aromatic carbocycles. The van der Waals surface area contributed by atoms with Crippen LogP contribution in [0.2, 0.25) is 0 Å². The van der Waals surface area contributed by atoms with Crippen molar-refractivity contribution in [3.8, 4) is 5.75 Å². The summed E-state index contributed by atoms with van der Waals surface area (Å²) in [5.74, 6) is -1.29. The maximum absolute atomic E-state index is 12.9. The minimum absolute atomic E-state index is 0.137. The van der Waals surface area contributed by atoms with Crippen molar-refractivity contribution in [2.75, 3.05) is 5.32 Å². The highest BCUT2D eigenvalue weighted by Crippen LogP contribution is 2.19. The molecule has 0 spiro atoms. The zero-order valence-corrected chi connectivity index (χ0v) is 8.59. The van der Waals surface area contributed by atoms with Gasteiger partial charge in [-0.05, 0) is 18.6 Å². The van der Waals surface area contributed by atoms with E-state index in [9.17, 15) is 9.18 Å². The Morgan fingerprint density at radius 3 is 2.87 bits per heavy atom. The van der Waals surface area contributed by atoms with Crippen LogP contribution in [0.4, 0.5) is 10.1 Å². The van der Waals surface area contributed by atoms with Gasteiger partial charge in [0.25, 0.3) is 0 Å². The Morgan fingerprint density at radius 2 is 2.27 bits per heavy atom. The average molecular weight is 211 g/mol. The second-order valence-electron chi connectivity index (χ2n) is 3.32. The number of aromatic hydroxyl groups is 1. The normalized spacial score (nSPS) is 10.0. The number of carbonyl (C=O) groups excluding carboxylic acids is 1. The first-order valence-electron chi connectivity index (χ1n) is 4.92. The minimum Gasteiger partial charge on any atom is -0.505 e. The van der Waals surface area contributed by atoms with E-state index >= 15 is 0 Å². The molecule has 1 amide bonds. The van der Waals surface area contributed by atoms with Gasteiger partial charge in [0.05, 0.1) is 0 Å². The highest BCUT2D eigenvalue weighted by atomic mass is 19.1. The molecule has 0 aliphatic carbocycles. The molecular weight excluding hydrogens is 197 g/mol. The molecule has 0 unspecified atom stereocenters. The number of halogens is 1. The van der Waals surface area contributed by atoms with Crippen LogP contribution in [0.15, 0.2) is 18.2 Å². The van der Waals surface area contributed by atoms with Gasteiger partial charge in [0, 0.05) is 18.2 Å². The number of rotatable bonds is 4. The molecule has 0 atom stereocenters. The minimum atomic E-state index is -0.733. The molecule has 1 rings (SSSR count). The number of unbranched alkanes of at least 4 members (excludes halogenated alkanes) is 1. The summed E-state index contributed by atoms with van der Waals surface area (Å²) in [7, 11) is 0. The van der Waals surface area contributed by atoms with Crippen molar-refractivity contribution < 1.29 is 14.3 Å². The molecule has 0 saturated heterocycles. The van der Waals surface area contributed by atoms with Crippen LogP contribution in [0, 0.1) is 5.82 Å². The third-order valence-electron chi connectivity index (χ3n) is 1.99. The molecule has 0 radical (unpaired) electrons. The van der Waals surface area contributed by atoms with E-state index in [1.165, 1.54) is 12.1 Å². The van der Waals surface area contributed by atoms with Crippen LogP contribution >= 0.6 is 0 Å². The van der Waals surface area contributed by atoms with E-state index in [-0.39, 0.29) is 5.91 Å². The average Bonchev–Trinajstić information content (AvgIpc) is 2.20. The Bertz CT molecular complexity index is 352. The lowest BCUT2D eigenvalue weighted by Gasteiger charge is -2.05. The third-order valence-corrected chi connectivity index (χ3v) is 1.99. The van der Waals surface area contributed by atoms with E-state index in [4.69, 9.17) is 5.11 Å².